The van der Waals surface area contributed by atoms with Crippen LogP contribution in [0.4, 0.5) is 0 Å². The van der Waals surface area contributed by atoms with Gasteiger partial charge in [-0.25, -0.2) is 8.42 Å². The lowest BCUT2D eigenvalue weighted by molar-refractivity contribution is -0.121. The smallest absolute Gasteiger partial charge is 0.221 e. The van der Waals surface area contributed by atoms with E-state index >= 15 is 0 Å². The summed E-state index contributed by atoms with van der Waals surface area (Å²) in [5.41, 5.74) is 0. The van der Waals surface area contributed by atoms with Crippen molar-refractivity contribution in [3.63, 3.8) is 0 Å². The zero-order valence-corrected chi connectivity index (χ0v) is 17.2. The fourth-order valence-electron chi connectivity index (χ4n) is 3.49. The Morgan fingerprint density at radius 3 is 2.68 bits per heavy atom. The molecular weight excluding hydrogens is 424 g/mol. The Hall–Kier alpha value is -0.570. The summed E-state index contributed by atoms with van der Waals surface area (Å²) in [6.07, 6.45) is 2.61. The van der Waals surface area contributed by atoms with E-state index in [1.165, 1.54) is 0 Å². The van der Waals surface area contributed by atoms with E-state index in [1.54, 1.807) is 11.8 Å². The highest BCUT2D eigenvalue weighted by molar-refractivity contribution is 9.10. The first-order valence-corrected chi connectivity index (χ1v) is 12.2. The van der Waals surface area contributed by atoms with Crippen LogP contribution in [0.1, 0.15) is 19.3 Å². The van der Waals surface area contributed by atoms with Crippen LogP contribution in [0.15, 0.2) is 33.6 Å². The lowest BCUT2D eigenvalue weighted by Gasteiger charge is -2.28. The second-order valence-electron chi connectivity index (χ2n) is 6.59. The van der Waals surface area contributed by atoms with Crippen molar-refractivity contribution in [3.05, 3.63) is 28.7 Å². The standard InChI is InChI=1S/C17H23BrN2O3S2/c18-13-5-1-2-6-16(13)24-10-7-17(21)19-14-11-25(22,23)12-15(14)20-8-3-4-9-20/h1-2,5-6,14-15H,3-4,7-12H2,(H,19,21). The summed E-state index contributed by atoms with van der Waals surface area (Å²) in [6, 6.07) is 7.58. The molecule has 0 aromatic heterocycles. The normalized spacial score (nSPS) is 26.0. The predicted octanol–water partition coefficient (Wildman–Crippen LogP) is 2.31. The van der Waals surface area contributed by atoms with E-state index in [0.29, 0.717) is 12.2 Å². The predicted molar refractivity (Wildman–Crippen MR) is 105 cm³/mol. The highest BCUT2D eigenvalue weighted by Gasteiger charge is 2.42. The zero-order chi connectivity index (χ0) is 17.9. The Labute approximate surface area is 162 Å². The van der Waals surface area contributed by atoms with Gasteiger partial charge in [0.05, 0.1) is 17.5 Å². The minimum atomic E-state index is -3.06. The van der Waals surface area contributed by atoms with Crippen molar-refractivity contribution in [1.82, 2.24) is 10.2 Å². The van der Waals surface area contributed by atoms with Crippen LogP contribution in [0.2, 0.25) is 0 Å². The fraction of sp³-hybridized carbons (Fsp3) is 0.588. The Bertz CT molecular complexity index is 720. The van der Waals surface area contributed by atoms with Gasteiger partial charge in [0.1, 0.15) is 0 Å². The second kappa shape index (κ2) is 8.41. The van der Waals surface area contributed by atoms with Crippen LogP contribution < -0.4 is 5.32 Å². The molecular formula is C17H23BrN2O3S2. The Kier molecular flexibility index (Phi) is 6.46. The molecule has 0 saturated carbocycles. The number of benzene rings is 1. The lowest BCUT2D eigenvalue weighted by Crippen LogP contribution is -2.50. The topological polar surface area (TPSA) is 66.5 Å². The third kappa shape index (κ3) is 5.21. The highest BCUT2D eigenvalue weighted by Crippen LogP contribution is 2.27. The van der Waals surface area contributed by atoms with Gasteiger partial charge >= 0.3 is 0 Å². The number of likely N-dealkylation sites (tertiary alicyclic amines) is 1. The van der Waals surface area contributed by atoms with Gasteiger partial charge in [-0.05, 0) is 54.0 Å². The minimum Gasteiger partial charge on any atom is -0.351 e. The first-order chi connectivity index (χ1) is 11.9. The molecule has 1 aromatic carbocycles. The Morgan fingerprint density at radius 1 is 1.24 bits per heavy atom. The van der Waals surface area contributed by atoms with Gasteiger partial charge in [0.2, 0.25) is 5.91 Å². The van der Waals surface area contributed by atoms with Crippen LogP contribution in [0.3, 0.4) is 0 Å². The van der Waals surface area contributed by atoms with Crippen molar-refractivity contribution in [2.24, 2.45) is 0 Å². The van der Waals surface area contributed by atoms with E-state index < -0.39 is 9.84 Å². The zero-order valence-electron chi connectivity index (χ0n) is 14.0. The SMILES string of the molecule is O=C(CCSc1ccccc1Br)NC1CS(=O)(=O)CC1N1CCCC1. The number of carbonyl (C=O) groups excluding carboxylic acids is 1. The average Bonchev–Trinajstić information content (AvgIpc) is 3.17. The number of amides is 1. The van der Waals surface area contributed by atoms with Crippen molar-refractivity contribution >= 4 is 43.4 Å². The van der Waals surface area contributed by atoms with Crippen molar-refractivity contribution in [2.75, 3.05) is 30.3 Å². The van der Waals surface area contributed by atoms with E-state index in [4.69, 9.17) is 0 Å². The molecule has 1 N–H and O–H groups in total. The Morgan fingerprint density at radius 2 is 1.96 bits per heavy atom. The highest BCUT2D eigenvalue weighted by atomic mass is 79.9. The molecule has 8 heteroatoms. The van der Waals surface area contributed by atoms with Gasteiger partial charge < -0.3 is 5.32 Å². The van der Waals surface area contributed by atoms with Gasteiger partial charge in [-0.1, -0.05) is 12.1 Å². The third-order valence-electron chi connectivity index (χ3n) is 4.70. The summed E-state index contributed by atoms with van der Waals surface area (Å²) in [6.45, 7) is 1.87. The number of nitrogens with zero attached hydrogens (tertiary/aromatic N) is 1. The van der Waals surface area contributed by atoms with Crippen molar-refractivity contribution in [1.29, 1.82) is 0 Å². The van der Waals surface area contributed by atoms with Crippen LogP contribution in [-0.2, 0) is 14.6 Å². The van der Waals surface area contributed by atoms with Crippen LogP contribution in [0.25, 0.3) is 0 Å². The quantitative estimate of drug-likeness (QED) is 0.678. The number of hydrogen-bond acceptors (Lipinski definition) is 5. The molecule has 0 bridgehead atoms. The molecule has 1 amide bonds. The van der Waals surface area contributed by atoms with Crippen LogP contribution in [-0.4, -0.2) is 61.7 Å². The molecule has 5 nitrogen and oxygen atoms in total. The minimum absolute atomic E-state index is 0.0626. The first kappa shape index (κ1) is 19.2. The molecule has 25 heavy (non-hydrogen) atoms. The van der Waals surface area contributed by atoms with E-state index in [2.05, 4.69) is 26.1 Å². The number of halogens is 1. The average molecular weight is 447 g/mol. The second-order valence-corrected chi connectivity index (χ2v) is 10.7. The molecule has 2 fully saturated rings. The number of nitrogens with one attached hydrogen (secondary N) is 1. The van der Waals surface area contributed by atoms with Gasteiger partial charge in [-0.15, -0.1) is 11.8 Å². The summed E-state index contributed by atoms with van der Waals surface area (Å²) in [5.74, 6) is 0.842. The van der Waals surface area contributed by atoms with Gasteiger partial charge in [-0.2, -0.15) is 0 Å². The molecule has 2 unspecified atom stereocenters. The molecule has 2 heterocycles. The summed E-state index contributed by atoms with van der Waals surface area (Å²) in [5, 5.41) is 2.98. The van der Waals surface area contributed by atoms with Crippen LogP contribution >= 0.6 is 27.7 Å². The molecule has 2 aliphatic rings. The maximum atomic E-state index is 12.3. The van der Waals surface area contributed by atoms with E-state index in [-0.39, 0.29) is 29.5 Å². The third-order valence-corrected chi connectivity index (χ3v) is 8.45. The summed E-state index contributed by atoms with van der Waals surface area (Å²) in [4.78, 5) is 15.6. The molecule has 2 atom stereocenters. The van der Waals surface area contributed by atoms with E-state index in [9.17, 15) is 13.2 Å². The summed E-state index contributed by atoms with van der Waals surface area (Å²) >= 11 is 5.12. The Balaban J connectivity index is 1.51. The van der Waals surface area contributed by atoms with Crippen LogP contribution in [0.5, 0.6) is 0 Å². The lowest BCUT2D eigenvalue weighted by atomic mass is 10.1. The van der Waals surface area contributed by atoms with Crippen molar-refractivity contribution in [3.8, 4) is 0 Å². The van der Waals surface area contributed by atoms with E-state index in [0.717, 1.165) is 35.3 Å². The monoisotopic (exact) mass is 446 g/mol. The van der Waals surface area contributed by atoms with Gasteiger partial charge in [-0.3, -0.25) is 9.69 Å². The molecule has 0 radical (unpaired) electrons. The number of hydrogen-bond donors (Lipinski definition) is 1. The summed E-state index contributed by atoms with van der Waals surface area (Å²) < 4.78 is 25.1. The summed E-state index contributed by atoms with van der Waals surface area (Å²) in [7, 11) is -3.06. The van der Waals surface area contributed by atoms with E-state index in [1.807, 2.05) is 24.3 Å². The van der Waals surface area contributed by atoms with Crippen molar-refractivity contribution < 1.29 is 13.2 Å². The fourth-order valence-corrected chi connectivity index (χ4v) is 6.96. The first-order valence-electron chi connectivity index (χ1n) is 8.56. The number of rotatable bonds is 6. The number of thioether (sulfide) groups is 1. The molecule has 0 aliphatic carbocycles. The van der Waals surface area contributed by atoms with Gasteiger partial charge in [0, 0.05) is 27.6 Å². The molecule has 3 rings (SSSR count). The maximum Gasteiger partial charge on any atom is 0.221 e. The molecule has 138 valence electrons. The van der Waals surface area contributed by atoms with Crippen LogP contribution in [0, 0.1) is 0 Å². The largest absolute Gasteiger partial charge is 0.351 e. The molecule has 0 spiro atoms. The van der Waals surface area contributed by atoms with Gasteiger partial charge in [0.15, 0.2) is 9.84 Å². The number of carbonyl (C=O) groups is 1. The van der Waals surface area contributed by atoms with Gasteiger partial charge in [0.25, 0.3) is 0 Å². The molecule has 2 aliphatic heterocycles. The maximum absolute atomic E-state index is 12.3. The van der Waals surface area contributed by atoms with Crippen molar-refractivity contribution in [2.45, 2.75) is 36.2 Å². The molecule has 1 aromatic rings. The molecule has 2 saturated heterocycles. The number of sulfone groups is 1.